The van der Waals surface area contributed by atoms with Crippen molar-refractivity contribution in [2.45, 2.75) is 63.5 Å². The van der Waals surface area contributed by atoms with Crippen LogP contribution >= 0.6 is 0 Å². The minimum atomic E-state index is -2.16. The number of aliphatic hydroxyl groups excluding tert-OH is 3. The van der Waals surface area contributed by atoms with Gasteiger partial charge in [0.15, 0.2) is 17.2 Å². The van der Waals surface area contributed by atoms with E-state index in [2.05, 4.69) is 0 Å². The number of carbonyl (C=O) groups excluding carboxylic acids is 2. The van der Waals surface area contributed by atoms with Gasteiger partial charge in [-0.05, 0) is 55.7 Å². The van der Waals surface area contributed by atoms with Gasteiger partial charge in [0.25, 0.3) is 0 Å². The summed E-state index contributed by atoms with van der Waals surface area (Å²) in [5.41, 5.74) is -6.28. The molecule has 0 spiro atoms. The third kappa shape index (κ3) is 2.19. The summed E-state index contributed by atoms with van der Waals surface area (Å²) in [6, 6.07) is 0. The lowest BCUT2D eigenvalue weighted by Crippen LogP contribution is -2.70. The van der Waals surface area contributed by atoms with Crippen molar-refractivity contribution in [1.29, 1.82) is 0 Å². The third-order valence-electron chi connectivity index (χ3n) is 8.82. The molecule has 4 N–H and O–H groups in total. The zero-order chi connectivity index (χ0) is 21.6. The first kappa shape index (κ1) is 20.8. The van der Waals surface area contributed by atoms with Gasteiger partial charge in [0.2, 0.25) is 0 Å². The first-order chi connectivity index (χ1) is 13.4. The summed E-state index contributed by atoms with van der Waals surface area (Å²) >= 11 is 0. The lowest BCUT2D eigenvalue weighted by molar-refractivity contribution is -0.226. The van der Waals surface area contributed by atoms with E-state index in [9.17, 15) is 30.0 Å². The topological polar surface area (TPSA) is 115 Å². The molecule has 0 bridgehead atoms. The third-order valence-corrected chi connectivity index (χ3v) is 8.82. The SMILES string of the molecule is C[C@@H]1CC2C3C[C@@H](O)C4=CC(=O)C=C[C@]4(C)[C@@]3(F)[C@@H](O)C[C@]2(C)[C@@]1(O)C(=O)CO. The highest BCUT2D eigenvalue weighted by atomic mass is 19.1. The van der Waals surface area contributed by atoms with Crippen LogP contribution in [0.1, 0.15) is 40.0 Å². The Bertz CT molecular complexity index is 837. The lowest BCUT2D eigenvalue weighted by atomic mass is 9.44. The Labute approximate surface area is 169 Å². The number of rotatable bonds is 2. The fraction of sp³-hybridized carbons (Fsp3) is 0.727. The quantitative estimate of drug-likeness (QED) is 0.539. The highest BCUT2D eigenvalue weighted by molar-refractivity contribution is 6.01. The van der Waals surface area contributed by atoms with E-state index in [-0.39, 0.29) is 24.2 Å². The number of aliphatic hydroxyl groups is 4. The van der Waals surface area contributed by atoms with Gasteiger partial charge in [-0.15, -0.1) is 0 Å². The second-order valence-corrected chi connectivity index (χ2v) is 9.89. The Balaban J connectivity index is 1.87. The van der Waals surface area contributed by atoms with Crippen molar-refractivity contribution in [3.05, 3.63) is 23.8 Å². The molecular weight excluding hydrogens is 379 g/mol. The molecule has 29 heavy (non-hydrogen) atoms. The van der Waals surface area contributed by atoms with Gasteiger partial charge in [0.1, 0.15) is 12.2 Å². The minimum Gasteiger partial charge on any atom is -0.390 e. The van der Waals surface area contributed by atoms with Gasteiger partial charge < -0.3 is 20.4 Å². The Morgan fingerprint density at radius 2 is 1.90 bits per heavy atom. The van der Waals surface area contributed by atoms with Crippen molar-refractivity contribution in [3.8, 4) is 0 Å². The van der Waals surface area contributed by atoms with Crippen molar-refractivity contribution in [2.24, 2.45) is 28.6 Å². The monoisotopic (exact) mass is 408 g/mol. The molecule has 0 aromatic heterocycles. The van der Waals surface area contributed by atoms with Gasteiger partial charge in [-0.2, -0.15) is 0 Å². The van der Waals surface area contributed by atoms with Crippen LogP contribution in [0.5, 0.6) is 0 Å². The maximum Gasteiger partial charge on any atom is 0.190 e. The van der Waals surface area contributed by atoms with Gasteiger partial charge in [0.05, 0.1) is 12.2 Å². The average molecular weight is 408 g/mol. The smallest absolute Gasteiger partial charge is 0.190 e. The second-order valence-electron chi connectivity index (χ2n) is 9.89. The van der Waals surface area contributed by atoms with E-state index in [1.54, 1.807) is 20.8 Å². The van der Waals surface area contributed by atoms with Crippen LogP contribution in [0, 0.1) is 28.6 Å². The van der Waals surface area contributed by atoms with Crippen LogP contribution in [0.25, 0.3) is 0 Å². The van der Waals surface area contributed by atoms with Crippen LogP contribution in [-0.4, -0.2) is 62.1 Å². The molecule has 0 saturated heterocycles. The highest BCUT2D eigenvalue weighted by Crippen LogP contribution is 2.70. The van der Waals surface area contributed by atoms with Crippen molar-refractivity contribution >= 4 is 11.6 Å². The molecule has 6 nitrogen and oxygen atoms in total. The van der Waals surface area contributed by atoms with Crippen LogP contribution < -0.4 is 0 Å². The number of hydrogen-bond acceptors (Lipinski definition) is 6. The standard InChI is InChI=1S/C22H29FO6/c1-11-6-13-14-8-16(26)15-7-12(25)4-5-19(15,2)21(14,23)17(27)9-20(13,3)22(11,29)18(28)10-24/h4-5,7,11,13-14,16-17,24,26-27,29H,6,8-10H2,1-3H3/t11-,13?,14?,16-,17+,19+,20+,21+,22+/m1/s1. The largest absolute Gasteiger partial charge is 0.390 e. The van der Waals surface area contributed by atoms with Crippen LogP contribution in [0.15, 0.2) is 23.8 Å². The molecule has 0 aliphatic heterocycles. The van der Waals surface area contributed by atoms with Crippen LogP contribution in [0.2, 0.25) is 0 Å². The normalized spacial score (nSPS) is 53.7. The fourth-order valence-corrected chi connectivity index (χ4v) is 7.30. The van der Waals surface area contributed by atoms with Crippen molar-refractivity contribution in [1.82, 2.24) is 0 Å². The number of carbonyl (C=O) groups is 2. The minimum absolute atomic E-state index is 0.00746. The van der Waals surface area contributed by atoms with E-state index in [0.717, 1.165) is 0 Å². The van der Waals surface area contributed by atoms with Crippen LogP contribution in [-0.2, 0) is 9.59 Å². The molecule has 3 fully saturated rings. The Kier molecular flexibility index (Phi) is 4.36. The summed E-state index contributed by atoms with van der Waals surface area (Å²) < 4.78 is 16.9. The van der Waals surface area contributed by atoms with E-state index < -0.39 is 64.5 Å². The predicted octanol–water partition coefficient (Wildman–Crippen LogP) is 0.866. The van der Waals surface area contributed by atoms with Gasteiger partial charge in [0, 0.05) is 16.7 Å². The first-order valence-corrected chi connectivity index (χ1v) is 10.2. The molecule has 7 heteroatoms. The molecular formula is C22H29FO6. The lowest BCUT2D eigenvalue weighted by Gasteiger charge is -2.63. The first-order valence-electron chi connectivity index (χ1n) is 10.2. The zero-order valence-corrected chi connectivity index (χ0v) is 16.9. The number of Topliss-reactive ketones (excluding diaryl/α,β-unsaturated/α-hetero) is 1. The molecule has 9 atom stereocenters. The molecule has 0 heterocycles. The van der Waals surface area contributed by atoms with E-state index in [4.69, 9.17) is 0 Å². The van der Waals surface area contributed by atoms with Gasteiger partial charge in [-0.1, -0.05) is 19.9 Å². The number of alkyl halides is 1. The van der Waals surface area contributed by atoms with Crippen molar-refractivity contribution in [2.75, 3.05) is 6.61 Å². The summed E-state index contributed by atoms with van der Waals surface area (Å²) in [5.74, 6) is -2.89. The molecule has 160 valence electrons. The number of allylic oxidation sites excluding steroid dienone is 3. The van der Waals surface area contributed by atoms with Crippen LogP contribution in [0.3, 0.4) is 0 Å². The zero-order valence-electron chi connectivity index (χ0n) is 16.9. The van der Waals surface area contributed by atoms with Crippen molar-refractivity contribution in [3.63, 3.8) is 0 Å². The molecule has 4 aliphatic rings. The Hall–Kier alpha value is -1.41. The maximum atomic E-state index is 16.9. The second kappa shape index (κ2) is 6.06. The van der Waals surface area contributed by atoms with Gasteiger partial charge in [-0.25, -0.2) is 4.39 Å². The number of fused-ring (bicyclic) bond motifs is 5. The van der Waals surface area contributed by atoms with Crippen molar-refractivity contribution < 1.29 is 34.4 Å². The number of halogens is 1. The van der Waals surface area contributed by atoms with E-state index in [1.165, 1.54) is 18.2 Å². The molecule has 3 saturated carbocycles. The summed E-state index contributed by atoms with van der Waals surface area (Å²) in [6.07, 6.45) is 1.56. The van der Waals surface area contributed by atoms with E-state index in [0.29, 0.717) is 6.42 Å². The fourth-order valence-electron chi connectivity index (χ4n) is 7.30. The molecule has 2 unspecified atom stereocenters. The molecule has 0 aromatic carbocycles. The molecule has 0 radical (unpaired) electrons. The Morgan fingerprint density at radius 3 is 2.52 bits per heavy atom. The molecule has 4 aliphatic carbocycles. The molecule has 0 amide bonds. The van der Waals surface area contributed by atoms with Crippen LogP contribution in [0.4, 0.5) is 4.39 Å². The summed E-state index contributed by atoms with van der Waals surface area (Å²) in [5, 5.41) is 42.8. The molecule has 0 aromatic rings. The summed E-state index contributed by atoms with van der Waals surface area (Å²) in [6.45, 7) is 4.14. The van der Waals surface area contributed by atoms with Gasteiger partial charge >= 0.3 is 0 Å². The van der Waals surface area contributed by atoms with E-state index >= 15 is 4.39 Å². The number of ketones is 2. The predicted molar refractivity (Wildman–Crippen MR) is 101 cm³/mol. The van der Waals surface area contributed by atoms with Gasteiger partial charge in [-0.3, -0.25) is 9.59 Å². The molecule has 4 rings (SSSR count). The van der Waals surface area contributed by atoms with E-state index in [1.807, 2.05) is 0 Å². The number of hydrogen-bond donors (Lipinski definition) is 4. The maximum absolute atomic E-state index is 16.9. The average Bonchev–Trinajstić information content (AvgIpc) is 2.86. The summed E-state index contributed by atoms with van der Waals surface area (Å²) in [7, 11) is 0. The highest BCUT2D eigenvalue weighted by Gasteiger charge is 2.76. The Morgan fingerprint density at radius 1 is 1.24 bits per heavy atom. The summed E-state index contributed by atoms with van der Waals surface area (Å²) in [4.78, 5) is 24.4.